The number of para-hydroxylation sites is 1. The summed E-state index contributed by atoms with van der Waals surface area (Å²) < 4.78 is 42.2. The third-order valence-corrected chi connectivity index (χ3v) is 4.05. The lowest BCUT2D eigenvalue weighted by Crippen LogP contribution is -2.07. The van der Waals surface area contributed by atoms with Crippen molar-refractivity contribution >= 4 is 17.2 Å². The molecule has 1 N–H and O–H groups in total. The minimum Gasteiger partial charge on any atom is -0.339 e. The van der Waals surface area contributed by atoms with E-state index < -0.39 is 11.7 Å². The Morgan fingerprint density at radius 2 is 1.50 bits per heavy atom. The van der Waals surface area contributed by atoms with Crippen LogP contribution < -0.4 is 5.32 Å². The molecular formula is C20H14F3N3. The van der Waals surface area contributed by atoms with E-state index >= 15 is 0 Å². The molecule has 2 heterocycles. The quantitative estimate of drug-likeness (QED) is 0.507. The van der Waals surface area contributed by atoms with Gasteiger partial charge in [-0.1, -0.05) is 42.5 Å². The Balaban J connectivity index is 1.95. The van der Waals surface area contributed by atoms with Crippen molar-refractivity contribution in [1.82, 2.24) is 9.38 Å². The predicted molar refractivity (Wildman–Crippen MR) is 95.4 cm³/mol. The summed E-state index contributed by atoms with van der Waals surface area (Å²) in [6.45, 7) is 0. The van der Waals surface area contributed by atoms with E-state index in [1.54, 1.807) is 28.8 Å². The van der Waals surface area contributed by atoms with Gasteiger partial charge in [0.15, 0.2) is 0 Å². The third kappa shape index (κ3) is 2.90. The minimum atomic E-state index is -4.46. The smallest absolute Gasteiger partial charge is 0.339 e. The first-order valence-corrected chi connectivity index (χ1v) is 8.00. The number of hydrogen-bond donors (Lipinski definition) is 1. The molecule has 0 saturated heterocycles. The molecular weight excluding hydrogens is 339 g/mol. The highest BCUT2D eigenvalue weighted by atomic mass is 19.4. The molecule has 0 atom stereocenters. The molecule has 0 radical (unpaired) electrons. The second kappa shape index (κ2) is 6.22. The Kier molecular flexibility index (Phi) is 3.88. The number of pyridine rings is 1. The van der Waals surface area contributed by atoms with Gasteiger partial charge in [0.05, 0.1) is 5.56 Å². The van der Waals surface area contributed by atoms with Crippen LogP contribution >= 0.6 is 0 Å². The lowest BCUT2D eigenvalue weighted by atomic mass is 10.0. The third-order valence-electron chi connectivity index (χ3n) is 4.05. The van der Waals surface area contributed by atoms with E-state index in [9.17, 15) is 13.2 Å². The van der Waals surface area contributed by atoms with Gasteiger partial charge in [0.2, 0.25) is 0 Å². The summed E-state index contributed by atoms with van der Waals surface area (Å²) in [6, 6.07) is 20.1. The molecule has 3 nitrogen and oxygen atoms in total. The maximum absolute atomic E-state index is 13.5. The first-order chi connectivity index (χ1) is 12.5. The van der Waals surface area contributed by atoms with E-state index in [0.717, 1.165) is 11.8 Å². The molecule has 130 valence electrons. The molecule has 0 saturated carbocycles. The highest BCUT2D eigenvalue weighted by Crippen LogP contribution is 2.40. The summed E-state index contributed by atoms with van der Waals surface area (Å²) in [7, 11) is 0. The van der Waals surface area contributed by atoms with E-state index in [1.807, 2.05) is 36.4 Å². The second-order valence-corrected chi connectivity index (χ2v) is 5.77. The Bertz CT molecular complexity index is 1050. The summed E-state index contributed by atoms with van der Waals surface area (Å²) in [5.41, 5.74) is 0.927. The Morgan fingerprint density at radius 1 is 0.808 bits per heavy atom. The van der Waals surface area contributed by atoms with Crippen LogP contribution in [0.1, 0.15) is 5.56 Å². The highest BCUT2D eigenvalue weighted by Gasteiger charge is 2.34. The molecule has 0 amide bonds. The number of imidazole rings is 1. The molecule has 26 heavy (non-hydrogen) atoms. The normalized spacial score (nSPS) is 11.7. The maximum Gasteiger partial charge on any atom is 0.417 e. The molecule has 2 aromatic heterocycles. The average Bonchev–Trinajstić information content (AvgIpc) is 3.00. The van der Waals surface area contributed by atoms with Crippen molar-refractivity contribution in [2.75, 3.05) is 5.32 Å². The summed E-state index contributed by atoms with van der Waals surface area (Å²) in [5, 5.41) is 3.21. The maximum atomic E-state index is 13.5. The minimum absolute atomic E-state index is 0.0436. The van der Waals surface area contributed by atoms with Gasteiger partial charge in [-0.05, 0) is 30.3 Å². The van der Waals surface area contributed by atoms with Crippen molar-refractivity contribution in [3.63, 3.8) is 0 Å². The van der Waals surface area contributed by atoms with Gasteiger partial charge in [-0.15, -0.1) is 0 Å². The summed E-state index contributed by atoms with van der Waals surface area (Å²) in [4.78, 5) is 4.45. The number of benzene rings is 2. The molecule has 0 aliphatic rings. The fourth-order valence-corrected chi connectivity index (χ4v) is 2.90. The SMILES string of the molecule is FC(F)(F)c1ccccc1-c1nc2ccccn2c1Nc1ccccc1. The molecule has 0 bridgehead atoms. The summed E-state index contributed by atoms with van der Waals surface area (Å²) in [5.74, 6) is 0.489. The Morgan fingerprint density at radius 3 is 2.27 bits per heavy atom. The van der Waals surface area contributed by atoms with Gasteiger partial charge in [-0.25, -0.2) is 4.98 Å². The van der Waals surface area contributed by atoms with E-state index in [1.165, 1.54) is 12.1 Å². The van der Waals surface area contributed by atoms with Gasteiger partial charge in [-0.3, -0.25) is 4.40 Å². The van der Waals surface area contributed by atoms with E-state index in [-0.39, 0.29) is 11.3 Å². The zero-order chi connectivity index (χ0) is 18.1. The largest absolute Gasteiger partial charge is 0.417 e. The fourth-order valence-electron chi connectivity index (χ4n) is 2.90. The molecule has 0 unspecified atom stereocenters. The Labute approximate surface area is 147 Å². The van der Waals surface area contributed by atoms with Crippen LogP contribution in [0, 0.1) is 0 Å². The number of aromatic nitrogens is 2. The molecule has 4 aromatic rings. The van der Waals surface area contributed by atoms with Gasteiger partial charge in [-0.2, -0.15) is 13.2 Å². The van der Waals surface area contributed by atoms with Crippen LogP contribution in [-0.4, -0.2) is 9.38 Å². The molecule has 0 spiro atoms. The standard InChI is InChI=1S/C20H14F3N3/c21-20(22,23)16-11-5-4-10-15(16)18-19(24-14-8-2-1-3-9-14)26-13-7-6-12-17(26)25-18/h1-13,24H. The molecule has 2 aromatic carbocycles. The molecule has 0 aliphatic carbocycles. The number of rotatable bonds is 3. The fraction of sp³-hybridized carbons (Fsp3) is 0.0500. The van der Waals surface area contributed by atoms with Gasteiger partial charge in [0.1, 0.15) is 17.2 Å². The number of anilines is 2. The van der Waals surface area contributed by atoms with Crippen molar-refractivity contribution in [1.29, 1.82) is 0 Å². The summed E-state index contributed by atoms with van der Waals surface area (Å²) >= 11 is 0. The van der Waals surface area contributed by atoms with E-state index in [2.05, 4.69) is 10.3 Å². The van der Waals surface area contributed by atoms with Crippen LogP contribution in [-0.2, 0) is 6.18 Å². The molecule has 0 fully saturated rings. The van der Waals surface area contributed by atoms with Crippen LogP contribution in [0.4, 0.5) is 24.7 Å². The number of halogens is 3. The van der Waals surface area contributed by atoms with Crippen LogP contribution in [0.15, 0.2) is 79.0 Å². The molecule has 6 heteroatoms. The van der Waals surface area contributed by atoms with Crippen LogP contribution in [0.3, 0.4) is 0 Å². The lowest BCUT2D eigenvalue weighted by molar-refractivity contribution is -0.137. The van der Waals surface area contributed by atoms with Crippen LogP contribution in [0.25, 0.3) is 16.9 Å². The summed E-state index contributed by atoms with van der Waals surface area (Å²) in [6.07, 6.45) is -2.69. The number of nitrogens with zero attached hydrogens (tertiary/aromatic N) is 2. The lowest BCUT2D eigenvalue weighted by Gasteiger charge is -2.13. The first-order valence-electron chi connectivity index (χ1n) is 8.00. The molecule has 4 rings (SSSR count). The van der Waals surface area contributed by atoms with Gasteiger partial charge in [0.25, 0.3) is 0 Å². The highest BCUT2D eigenvalue weighted by molar-refractivity contribution is 5.81. The van der Waals surface area contributed by atoms with Gasteiger partial charge < -0.3 is 5.32 Å². The average molecular weight is 353 g/mol. The second-order valence-electron chi connectivity index (χ2n) is 5.77. The van der Waals surface area contributed by atoms with Crippen LogP contribution in [0.2, 0.25) is 0 Å². The van der Waals surface area contributed by atoms with Crippen LogP contribution in [0.5, 0.6) is 0 Å². The topological polar surface area (TPSA) is 29.3 Å². The number of alkyl halides is 3. The van der Waals surface area contributed by atoms with E-state index in [4.69, 9.17) is 0 Å². The van der Waals surface area contributed by atoms with Crippen molar-refractivity contribution in [3.8, 4) is 11.3 Å². The predicted octanol–water partition coefficient (Wildman–Crippen LogP) is 5.76. The van der Waals surface area contributed by atoms with Crippen molar-refractivity contribution in [2.24, 2.45) is 0 Å². The van der Waals surface area contributed by atoms with Gasteiger partial charge in [0, 0.05) is 17.4 Å². The zero-order valence-corrected chi connectivity index (χ0v) is 13.5. The van der Waals surface area contributed by atoms with Crippen molar-refractivity contribution in [3.05, 3.63) is 84.6 Å². The zero-order valence-electron chi connectivity index (χ0n) is 13.5. The Hall–Kier alpha value is -3.28. The van der Waals surface area contributed by atoms with E-state index in [0.29, 0.717) is 11.5 Å². The molecule has 0 aliphatic heterocycles. The number of nitrogens with one attached hydrogen (secondary N) is 1. The monoisotopic (exact) mass is 353 g/mol. The number of fused-ring (bicyclic) bond motifs is 1. The van der Waals surface area contributed by atoms with Crippen molar-refractivity contribution < 1.29 is 13.2 Å². The first kappa shape index (κ1) is 16.2. The number of hydrogen-bond acceptors (Lipinski definition) is 2. The van der Waals surface area contributed by atoms with Gasteiger partial charge >= 0.3 is 6.18 Å². The van der Waals surface area contributed by atoms with Crippen molar-refractivity contribution in [2.45, 2.75) is 6.18 Å².